The van der Waals surface area contributed by atoms with Gasteiger partial charge in [0.25, 0.3) is 0 Å². The lowest BCUT2D eigenvalue weighted by Crippen LogP contribution is -2.50. The fraction of sp³-hybridized carbons (Fsp3) is 0.818. The van der Waals surface area contributed by atoms with Gasteiger partial charge in [-0.25, -0.2) is 9.59 Å². The summed E-state index contributed by atoms with van der Waals surface area (Å²) in [5, 5.41) is 11.4. The van der Waals surface area contributed by atoms with E-state index >= 15 is 0 Å². The summed E-state index contributed by atoms with van der Waals surface area (Å²) in [6.45, 7) is 2.96. The Balaban J connectivity index is 2.41. The van der Waals surface area contributed by atoms with Crippen molar-refractivity contribution >= 4 is 12.0 Å². The molecule has 2 N–H and O–H groups in total. The maximum Gasteiger partial charge on any atom is 0.326 e. The van der Waals surface area contributed by atoms with Gasteiger partial charge in [0.2, 0.25) is 0 Å². The number of carboxylic acids is 1. The number of nitrogens with one attached hydrogen (secondary N) is 1. The Morgan fingerprint density at radius 3 is 2.47 bits per heavy atom. The minimum absolute atomic E-state index is 0.209. The van der Waals surface area contributed by atoms with Crippen LogP contribution in [0.25, 0.3) is 0 Å². The summed E-state index contributed by atoms with van der Waals surface area (Å²) in [5.41, 5.74) is 0. The average Bonchev–Trinajstić information content (AvgIpc) is 2.35. The van der Waals surface area contributed by atoms with Crippen LogP contribution in [0.5, 0.6) is 0 Å². The van der Waals surface area contributed by atoms with Crippen molar-refractivity contribution < 1.29 is 19.4 Å². The van der Waals surface area contributed by atoms with Crippen LogP contribution in [0.15, 0.2) is 0 Å². The third-order valence-corrected chi connectivity index (χ3v) is 3.07. The molecule has 0 aliphatic carbocycles. The van der Waals surface area contributed by atoms with Gasteiger partial charge in [0, 0.05) is 20.2 Å². The Kier molecular flexibility index (Phi) is 5.21. The number of likely N-dealkylation sites (tertiary alicyclic amines) is 1. The molecule has 0 aromatic rings. The number of carbonyl (C=O) groups is 2. The van der Waals surface area contributed by atoms with E-state index in [4.69, 9.17) is 9.84 Å². The van der Waals surface area contributed by atoms with Crippen LogP contribution >= 0.6 is 0 Å². The number of carboxylic acid groups (broad SMARTS) is 1. The third kappa shape index (κ3) is 3.89. The largest absolute Gasteiger partial charge is 0.480 e. The minimum atomic E-state index is -0.993. The van der Waals surface area contributed by atoms with Crippen LogP contribution in [0.2, 0.25) is 0 Å². The van der Waals surface area contributed by atoms with E-state index in [9.17, 15) is 9.59 Å². The molecular weight excluding hydrogens is 224 g/mol. The molecule has 2 amide bonds. The molecule has 1 fully saturated rings. The molecule has 0 radical (unpaired) electrons. The molecule has 1 rings (SSSR count). The first-order chi connectivity index (χ1) is 8.08. The Hall–Kier alpha value is -1.30. The lowest BCUT2D eigenvalue weighted by molar-refractivity contribution is -0.139. The van der Waals surface area contributed by atoms with Crippen LogP contribution < -0.4 is 5.32 Å². The molecular formula is C11H20N2O4. The van der Waals surface area contributed by atoms with Crippen LogP contribution in [0.1, 0.15) is 26.2 Å². The molecule has 1 unspecified atom stereocenters. The molecule has 1 saturated heterocycles. The molecule has 6 nitrogen and oxygen atoms in total. The number of hydrogen-bond donors (Lipinski definition) is 2. The summed E-state index contributed by atoms with van der Waals surface area (Å²) >= 11 is 0. The Morgan fingerprint density at radius 1 is 1.47 bits per heavy atom. The fourth-order valence-electron chi connectivity index (χ4n) is 1.87. The standard InChI is InChI=1S/C11H20N2O4/c1-3-9(10(14)15)12-11(16)13-6-4-8(17-2)5-7-13/h8-9H,3-7H2,1-2H3,(H,12,16)(H,14,15). The number of aliphatic carboxylic acids is 1. The highest BCUT2D eigenvalue weighted by Crippen LogP contribution is 2.12. The lowest BCUT2D eigenvalue weighted by atomic mass is 10.1. The monoisotopic (exact) mass is 244 g/mol. The van der Waals surface area contributed by atoms with Crippen LogP contribution in [0, 0.1) is 0 Å². The molecule has 0 bridgehead atoms. The summed E-state index contributed by atoms with van der Waals surface area (Å²) in [4.78, 5) is 24.2. The van der Waals surface area contributed by atoms with E-state index in [0.717, 1.165) is 12.8 Å². The Labute approximate surface area is 101 Å². The highest BCUT2D eigenvalue weighted by atomic mass is 16.5. The van der Waals surface area contributed by atoms with E-state index in [2.05, 4.69) is 5.32 Å². The van der Waals surface area contributed by atoms with E-state index in [-0.39, 0.29) is 12.1 Å². The van der Waals surface area contributed by atoms with Gasteiger partial charge in [0.05, 0.1) is 6.10 Å². The van der Waals surface area contributed by atoms with Gasteiger partial charge in [-0.15, -0.1) is 0 Å². The average molecular weight is 244 g/mol. The first-order valence-corrected chi connectivity index (χ1v) is 5.89. The van der Waals surface area contributed by atoms with Crippen LogP contribution in [0.3, 0.4) is 0 Å². The van der Waals surface area contributed by atoms with E-state index in [1.165, 1.54) is 0 Å². The summed E-state index contributed by atoms with van der Waals surface area (Å²) in [7, 11) is 1.66. The van der Waals surface area contributed by atoms with Gasteiger partial charge in [-0.1, -0.05) is 6.92 Å². The van der Waals surface area contributed by atoms with Crippen LogP contribution in [-0.4, -0.2) is 54.4 Å². The van der Waals surface area contributed by atoms with Crippen molar-refractivity contribution in [2.24, 2.45) is 0 Å². The fourth-order valence-corrected chi connectivity index (χ4v) is 1.87. The molecule has 17 heavy (non-hydrogen) atoms. The quantitative estimate of drug-likeness (QED) is 0.762. The predicted molar refractivity (Wildman–Crippen MR) is 61.9 cm³/mol. The predicted octanol–water partition coefficient (Wildman–Crippen LogP) is 0.670. The van der Waals surface area contributed by atoms with Gasteiger partial charge in [-0.3, -0.25) is 0 Å². The van der Waals surface area contributed by atoms with Crippen molar-refractivity contribution in [2.75, 3.05) is 20.2 Å². The molecule has 1 aliphatic heterocycles. The maximum absolute atomic E-state index is 11.8. The van der Waals surface area contributed by atoms with Crippen molar-refractivity contribution in [1.29, 1.82) is 0 Å². The summed E-state index contributed by atoms with van der Waals surface area (Å²) in [6.07, 6.45) is 2.19. The number of methoxy groups -OCH3 is 1. The molecule has 98 valence electrons. The second-order valence-corrected chi connectivity index (χ2v) is 4.17. The summed E-state index contributed by atoms with van der Waals surface area (Å²) in [6, 6.07) is -1.10. The third-order valence-electron chi connectivity index (χ3n) is 3.07. The van der Waals surface area contributed by atoms with Gasteiger partial charge in [-0.2, -0.15) is 0 Å². The van der Waals surface area contributed by atoms with E-state index in [1.807, 2.05) is 0 Å². The van der Waals surface area contributed by atoms with E-state index in [0.29, 0.717) is 19.5 Å². The molecule has 0 saturated carbocycles. The zero-order chi connectivity index (χ0) is 12.8. The molecule has 0 aromatic carbocycles. The number of urea groups is 1. The second-order valence-electron chi connectivity index (χ2n) is 4.17. The topological polar surface area (TPSA) is 78.9 Å². The van der Waals surface area contributed by atoms with Crippen LogP contribution in [0.4, 0.5) is 4.79 Å². The minimum Gasteiger partial charge on any atom is -0.480 e. The number of amides is 2. The molecule has 1 atom stereocenters. The van der Waals surface area contributed by atoms with Crippen LogP contribution in [-0.2, 0) is 9.53 Å². The van der Waals surface area contributed by atoms with Gasteiger partial charge in [0.15, 0.2) is 0 Å². The van der Waals surface area contributed by atoms with Gasteiger partial charge >= 0.3 is 12.0 Å². The SMILES string of the molecule is CCC(NC(=O)N1CCC(OC)CC1)C(=O)O. The van der Waals surface area contributed by atoms with Gasteiger partial charge < -0.3 is 20.1 Å². The van der Waals surface area contributed by atoms with E-state index in [1.54, 1.807) is 18.9 Å². The van der Waals surface area contributed by atoms with Crippen molar-refractivity contribution in [3.8, 4) is 0 Å². The molecule has 0 aromatic heterocycles. The van der Waals surface area contributed by atoms with Crippen molar-refractivity contribution in [3.63, 3.8) is 0 Å². The van der Waals surface area contributed by atoms with Crippen molar-refractivity contribution in [2.45, 2.75) is 38.3 Å². The molecule has 1 heterocycles. The summed E-state index contributed by atoms with van der Waals surface area (Å²) in [5.74, 6) is -0.993. The number of carbonyl (C=O) groups excluding carboxylic acids is 1. The lowest BCUT2D eigenvalue weighted by Gasteiger charge is -2.31. The summed E-state index contributed by atoms with van der Waals surface area (Å²) < 4.78 is 5.21. The first kappa shape index (κ1) is 13.8. The zero-order valence-corrected chi connectivity index (χ0v) is 10.3. The Bertz CT molecular complexity index is 275. The zero-order valence-electron chi connectivity index (χ0n) is 10.3. The molecule has 0 spiro atoms. The highest BCUT2D eigenvalue weighted by molar-refractivity contribution is 5.82. The van der Waals surface area contributed by atoms with Gasteiger partial charge in [0.1, 0.15) is 6.04 Å². The van der Waals surface area contributed by atoms with E-state index < -0.39 is 12.0 Å². The number of hydrogen-bond acceptors (Lipinski definition) is 3. The van der Waals surface area contributed by atoms with Crippen molar-refractivity contribution in [1.82, 2.24) is 10.2 Å². The molecule has 1 aliphatic rings. The number of nitrogens with zero attached hydrogens (tertiary/aromatic N) is 1. The second kappa shape index (κ2) is 6.44. The number of rotatable bonds is 4. The maximum atomic E-state index is 11.8. The number of ether oxygens (including phenoxy) is 1. The Morgan fingerprint density at radius 2 is 2.06 bits per heavy atom. The number of piperidine rings is 1. The van der Waals surface area contributed by atoms with Gasteiger partial charge in [-0.05, 0) is 19.3 Å². The van der Waals surface area contributed by atoms with Crippen molar-refractivity contribution in [3.05, 3.63) is 0 Å². The normalized spacial score (nSPS) is 18.8. The smallest absolute Gasteiger partial charge is 0.326 e. The highest BCUT2D eigenvalue weighted by Gasteiger charge is 2.25. The molecule has 6 heteroatoms. The first-order valence-electron chi connectivity index (χ1n) is 5.89.